The summed E-state index contributed by atoms with van der Waals surface area (Å²) in [6.45, 7) is 2.39. The van der Waals surface area contributed by atoms with Gasteiger partial charge in [-0.25, -0.2) is 0 Å². The summed E-state index contributed by atoms with van der Waals surface area (Å²) in [5, 5.41) is 3.55. The molecule has 0 fully saturated rings. The van der Waals surface area contributed by atoms with Crippen molar-refractivity contribution < 1.29 is 19.1 Å². The number of nitrogens with one attached hydrogen (secondary N) is 1. The van der Waals surface area contributed by atoms with E-state index in [-0.39, 0.29) is 24.8 Å². The highest BCUT2D eigenvalue weighted by Gasteiger charge is 2.28. The highest BCUT2D eigenvalue weighted by molar-refractivity contribution is 6.36. The van der Waals surface area contributed by atoms with E-state index in [2.05, 4.69) is 5.32 Å². The smallest absolute Gasteiger partial charge is 0.242 e. The number of carbonyl (C=O) groups excluding carboxylic acids is 2. The Hall–Kier alpha value is -2.44. The third kappa shape index (κ3) is 7.04. The van der Waals surface area contributed by atoms with Crippen LogP contribution in [0.3, 0.4) is 0 Å². The number of likely N-dealkylation sites (N-methyl/N-ethyl adjacent to an activating group) is 1. The molecule has 0 aliphatic rings. The standard InChI is InChI=1S/C23H28Cl2N2O4/c1-4-21(23(29)26-2)27(15-18-19(24)7-5-8-20(18)25)22(28)9-6-14-31-17-12-10-16(30-3)11-13-17/h5,7-8,10-13,21H,4,6,9,14-15H2,1-3H3,(H,26,29)/t21-/m1/s1. The summed E-state index contributed by atoms with van der Waals surface area (Å²) in [5.41, 5.74) is 0.621. The minimum Gasteiger partial charge on any atom is -0.497 e. The zero-order chi connectivity index (χ0) is 22.8. The first-order valence-corrected chi connectivity index (χ1v) is 10.9. The van der Waals surface area contributed by atoms with Crippen molar-refractivity contribution in [3.63, 3.8) is 0 Å². The van der Waals surface area contributed by atoms with E-state index in [1.165, 1.54) is 0 Å². The molecule has 0 heterocycles. The van der Waals surface area contributed by atoms with Crippen molar-refractivity contribution in [3.05, 3.63) is 58.1 Å². The number of hydrogen-bond donors (Lipinski definition) is 1. The van der Waals surface area contributed by atoms with Gasteiger partial charge in [-0.15, -0.1) is 0 Å². The molecule has 168 valence electrons. The van der Waals surface area contributed by atoms with Crippen molar-refractivity contribution in [1.29, 1.82) is 0 Å². The Morgan fingerprint density at radius 1 is 1.06 bits per heavy atom. The molecule has 0 radical (unpaired) electrons. The average Bonchev–Trinajstić information content (AvgIpc) is 2.78. The molecule has 0 bridgehead atoms. The van der Waals surface area contributed by atoms with E-state index in [9.17, 15) is 9.59 Å². The van der Waals surface area contributed by atoms with Gasteiger partial charge in [-0.3, -0.25) is 9.59 Å². The van der Waals surface area contributed by atoms with Gasteiger partial charge in [0.1, 0.15) is 17.5 Å². The Morgan fingerprint density at radius 3 is 2.23 bits per heavy atom. The van der Waals surface area contributed by atoms with Gasteiger partial charge < -0.3 is 19.7 Å². The fourth-order valence-electron chi connectivity index (χ4n) is 3.17. The maximum Gasteiger partial charge on any atom is 0.242 e. The van der Waals surface area contributed by atoms with Crippen molar-refractivity contribution in [2.24, 2.45) is 0 Å². The van der Waals surface area contributed by atoms with Crippen molar-refractivity contribution in [3.8, 4) is 11.5 Å². The Kier molecular flexibility index (Phi) is 9.95. The summed E-state index contributed by atoms with van der Waals surface area (Å²) >= 11 is 12.6. The van der Waals surface area contributed by atoms with E-state index in [0.717, 1.165) is 5.75 Å². The van der Waals surface area contributed by atoms with Crippen LogP contribution in [0.2, 0.25) is 10.0 Å². The topological polar surface area (TPSA) is 67.9 Å². The second-order valence-corrected chi connectivity index (χ2v) is 7.70. The molecule has 2 amide bonds. The van der Waals surface area contributed by atoms with Gasteiger partial charge in [0.25, 0.3) is 0 Å². The molecule has 0 spiro atoms. The fraction of sp³-hybridized carbons (Fsp3) is 0.391. The number of ether oxygens (including phenoxy) is 2. The predicted molar refractivity (Wildman–Crippen MR) is 123 cm³/mol. The maximum absolute atomic E-state index is 13.1. The molecule has 6 nitrogen and oxygen atoms in total. The molecule has 2 aromatic carbocycles. The minimum absolute atomic E-state index is 0.155. The van der Waals surface area contributed by atoms with Crippen LogP contribution in [0.1, 0.15) is 31.7 Å². The van der Waals surface area contributed by atoms with Crippen LogP contribution in [-0.2, 0) is 16.1 Å². The van der Waals surface area contributed by atoms with Gasteiger partial charge in [0.2, 0.25) is 11.8 Å². The van der Waals surface area contributed by atoms with Crippen LogP contribution in [0.25, 0.3) is 0 Å². The van der Waals surface area contributed by atoms with Crippen LogP contribution in [0, 0.1) is 0 Å². The summed E-state index contributed by atoms with van der Waals surface area (Å²) in [6, 6.07) is 11.8. The normalized spacial score (nSPS) is 11.5. The van der Waals surface area contributed by atoms with Crippen molar-refractivity contribution in [2.45, 2.75) is 38.8 Å². The maximum atomic E-state index is 13.1. The van der Waals surface area contributed by atoms with Crippen LogP contribution in [0.4, 0.5) is 0 Å². The van der Waals surface area contributed by atoms with Crippen LogP contribution in [0.15, 0.2) is 42.5 Å². The number of carbonyl (C=O) groups is 2. The molecule has 0 aliphatic heterocycles. The molecule has 2 rings (SSSR count). The average molecular weight is 467 g/mol. The number of halogens is 2. The number of amides is 2. The number of benzene rings is 2. The van der Waals surface area contributed by atoms with Crippen LogP contribution in [0.5, 0.6) is 11.5 Å². The highest BCUT2D eigenvalue weighted by atomic mass is 35.5. The molecule has 0 saturated heterocycles. The first-order chi connectivity index (χ1) is 14.9. The summed E-state index contributed by atoms with van der Waals surface area (Å²) in [6.07, 6.45) is 1.20. The molecular weight excluding hydrogens is 439 g/mol. The second kappa shape index (κ2) is 12.4. The lowest BCUT2D eigenvalue weighted by Gasteiger charge is -2.31. The number of methoxy groups -OCH3 is 1. The highest BCUT2D eigenvalue weighted by Crippen LogP contribution is 2.27. The second-order valence-electron chi connectivity index (χ2n) is 6.89. The van der Waals surface area contributed by atoms with Crippen LogP contribution in [-0.4, -0.2) is 43.5 Å². The van der Waals surface area contributed by atoms with Crippen LogP contribution < -0.4 is 14.8 Å². The summed E-state index contributed by atoms with van der Waals surface area (Å²) in [5.74, 6) is 1.05. The van der Waals surface area contributed by atoms with Gasteiger partial charge in [0, 0.05) is 35.6 Å². The Bertz CT molecular complexity index is 854. The van der Waals surface area contributed by atoms with Crippen LogP contribution >= 0.6 is 23.2 Å². The molecule has 2 aromatic rings. The van der Waals surface area contributed by atoms with Crippen molar-refractivity contribution >= 4 is 35.0 Å². The van der Waals surface area contributed by atoms with Gasteiger partial charge >= 0.3 is 0 Å². The zero-order valence-electron chi connectivity index (χ0n) is 18.0. The van der Waals surface area contributed by atoms with Gasteiger partial charge in [-0.05, 0) is 49.2 Å². The molecule has 0 unspecified atom stereocenters. The van der Waals surface area contributed by atoms with E-state index < -0.39 is 6.04 Å². The molecule has 1 N–H and O–H groups in total. The molecular formula is C23H28Cl2N2O4. The third-order valence-electron chi connectivity index (χ3n) is 4.89. The molecule has 0 saturated carbocycles. The van der Waals surface area contributed by atoms with E-state index in [0.29, 0.717) is 40.8 Å². The summed E-state index contributed by atoms with van der Waals surface area (Å²) in [4.78, 5) is 27.0. The molecule has 1 atom stereocenters. The number of nitrogens with zero attached hydrogens (tertiary/aromatic N) is 1. The Labute approximate surface area is 193 Å². The molecule has 0 aliphatic carbocycles. The number of rotatable bonds is 11. The molecule has 8 heteroatoms. The lowest BCUT2D eigenvalue weighted by molar-refractivity contribution is -0.141. The third-order valence-corrected chi connectivity index (χ3v) is 5.59. The summed E-state index contributed by atoms with van der Waals surface area (Å²) < 4.78 is 10.8. The van der Waals surface area contributed by atoms with Gasteiger partial charge in [-0.1, -0.05) is 36.2 Å². The first kappa shape index (κ1) is 24.8. The molecule has 31 heavy (non-hydrogen) atoms. The number of hydrogen-bond acceptors (Lipinski definition) is 4. The quantitative estimate of drug-likeness (QED) is 0.486. The first-order valence-electron chi connectivity index (χ1n) is 10.1. The lowest BCUT2D eigenvalue weighted by atomic mass is 10.1. The predicted octanol–water partition coefficient (Wildman–Crippen LogP) is 4.71. The SMILES string of the molecule is CC[C@H](C(=O)NC)N(Cc1c(Cl)cccc1Cl)C(=O)CCCOc1ccc(OC)cc1. The fourth-order valence-corrected chi connectivity index (χ4v) is 3.69. The van der Waals surface area contributed by atoms with E-state index in [1.807, 2.05) is 31.2 Å². The largest absolute Gasteiger partial charge is 0.497 e. The monoisotopic (exact) mass is 466 g/mol. The Morgan fingerprint density at radius 2 is 1.68 bits per heavy atom. The zero-order valence-corrected chi connectivity index (χ0v) is 19.5. The summed E-state index contributed by atoms with van der Waals surface area (Å²) in [7, 11) is 3.16. The van der Waals surface area contributed by atoms with Gasteiger partial charge in [0.15, 0.2) is 0 Å². The van der Waals surface area contributed by atoms with E-state index in [1.54, 1.807) is 37.3 Å². The van der Waals surface area contributed by atoms with E-state index >= 15 is 0 Å². The minimum atomic E-state index is -0.618. The lowest BCUT2D eigenvalue weighted by Crippen LogP contribution is -2.48. The molecule has 0 aromatic heterocycles. The van der Waals surface area contributed by atoms with E-state index in [4.69, 9.17) is 32.7 Å². The van der Waals surface area contributed by atoms with Gasteiger partial charge in [-0.2, -0.15) is 0 Å². The Balaban J connectivity index is 2.05. The van der Waals surface area contributed by atoms with Crippen molar-refractivity contribution in [2.75, 3.05) is 20.8 Å². The van der Waals surface area contributed by atoms with Crippen molar-refractivity contribution in [1.82, 2.24) is 10.2 Å². The van der Waals surface area contributed by atoms with Gasteiger partial charge in [0.05, 0.1) is 13.7 Å².